The second-order valence-electron chi connectivity index (χ2n) is 5.90. The van der Waals surface area contributed by atoms with Crippen LogP contribution in [0.15, 0.2) is 24.3 Å². The van der Waals surface area contributed by atoms with Crippen LogP contribution in [0.1, 0.15) is 18.9 Å². The molecule has 1 aromatic rings. The summed E-state index contributed by atoms with van der Waals surface area (Å²) in [5.41, 5.74) is 4.45. The van der Waals surface area contributed by atoms with Gasteiger partial charge >= 0.3 is 0 Å². The lowest BCUT2D eigenvalue weighted by Crippen LogP contribution is -2.53. The van der Waals surface area contributed by atoms with E-state index in [2.05, 4.69) is 0 Å². The number of rotatable bonds is 4. The molecule has 3 N–H and O–H groups in total. The lowest BCUT2D eigenvalue weighted by atomic mass is 9.69. The molecule has 1 fully saturated rings. The van der Waals surface area contributed by atoms with E-state index in [-0.39, 0.29) is 30.3 Å². The minimum Gasteiger partial charge on any atom is -0.389 e. The first-order valence-electron chi connectivity index (χ1n) is 6.57. The van der Waals surface area contributed by atoms with Crippen molar-refractivity contribution >= 4 is 9.84 Å². The SMILES string of the molecule is CC(O)(Cc1ccc(F)cc1)C1(CN)CCS(=O)(=O)C1. The highest BCUT2D eigenvalue weighted by atomic mass is 32.2. The Morgan fingerprint density at radius 3 is 2.45 bits per heavy atom. The lowest BCUT2D eigenvalue weighted by molar-refractivity contribution is -0.0516. The van der Waals surface area contributed by atoms with Gasteiger partial charge in [0.25, 0.3) is 0 Å². The monoisotopic (exact) mass is 301 g/mol. The van der Waals surface area contributed by atoms with Gasteiger partial charge in [-0.25, -0.2) is 12.8 Å². The van der Waals surface area contributed by atoms with Gasteiger partial charge in [0.15, 0.2) is 9.84 Å². The summed E-state index contributed by atoms with van der Waals surface area (Å²) in [6.45, 7) is 1.73. The fourth-order valence-electron chi connectivity index (χ4n) is 2.91. The van der Waals surface area contributed by atoms with Crippen LogP contribution in [-0.2, 0) is 16.3 Å². The van der Waals surface area contributed by atoms with Gasteiger partial charge in [0.1, 0.15) is 5.82 Å². The number of benzene rings is 1. The predicted molar refractivity (Wildman–Crippen MR) is 75.5 cm³/mol. The lowest BCUT2D eigenvalue weighted by Gasteiger charge is -2.41. The number of nitrogens with two attached hydrogens (primary N) is 1. The Morgan fingerprint density at radius 2 is 2.00 bits per heavy atom. The first-order valence-corrected chi connectivity index (χ1v) is 8.39. The van der Waals surface area contributed by atoms with Gasteiger partial charge in [0, 0.05) is 18.4 Å². The Bertz CT molecular complexity index is 583. The van der Waals surface area contributed by atoms with E-state index in [0.717, 1.165) is 5.56 Å². The van der Waals surface area contributed by atoms with Crippen LogP contribution in [0.2, 0.25) is 0 Å². The second kappa shape index (κ2) is 5.09. The van der Waals surface area contributed by atoms with Crippen molar-refractivity contribution in [3.8, 4) is 0 Å². The standard InChI is InChI=1S/C14H20FNO3S/c1-13(17,8-11-2-4-12(15)5-3-11)14(9-16)6-7-20(18,19)10-14/h2-5,17H,6-10,16H2,1H3. The highest BCUT2D eigenvalue weighted by molar-refractivity contribution is 7.91. The maximum Gasteiger partial charge on any atom is 0.151 e. The zero-order valence-corrected chi connectivity index (χ0v) is 12.3. The molecule has 1 heterocycles. The second-order valence-corrected chi connectivity index (χ2v) is 8.09. The molecule has 112 valence electrons. The van der Waals surface area contributed by atoms with Crippen molar-refractivity contribution in [2.75, 3.05) is 18.1 Å². The molecule has 0 amide bonds. The molecule has 0 spiro atoms. The van der Waals surface area contributed by atoms with E-state index in [4.69, 9.17) is 5.73 Å². The summed E-state index contributed by atoms with van der Waals surface area (Å²) >= 11 is 0. The van der Waals surface area contributed by atoms with Crippen molar-refractivity contribution in [1.82, 2.24) is 0 Å². The summed E-state index contributed by atoms with van der Waals surface area (Å²) in [5.74, 6) is -0.376. The summed E-state index contributed by atoms with van der Waals surface area (Å²) in [5, 5.41) is 10.8. The Kier molecular flexibility index (Phi) is 3.92. The summed E-state index contributed by atoms with van der Waals surface area (Å²) in [6.07, 6.45) is 0.611. The van der Waals surface area contributed by atoms with Gasteiger partial charge in [-0.15, -0.1) is 0 Å². The molecule has 1 aromatic carbocycles. The third-order valence-electron chi connectivity index (χ3n) is 4.38. The van der Waals surface area contributed by atoms with Gasteiger partial charge in [-0.1, -0.05) is 12.1 Å². The third kappa shape index (κ3) is 2.87. The van der Waals surface area contributed by atoms with Crippen molar-refractivity contribution in [3.05, 3.63) is 35.6 Å². The van der Waals surface area contributed by atoms with Gasteiger partial charge in [-0.3, -0.25) is 0 Å². The summed E-state index contributed by atoms with van der Waals surface area (Å²) in [4.78, 5) is 0. The van der Waals surface area contributed by atoms with Gasteiger partial charge in [-0.05, 0) is 31.0 Å². The number of hydrogen-bond donors (Lipinski definition) is 2. The van der Waals surface area contributed by atoms with Crippen LogP contribution in [0.25, 0.3) is 0 Å². The van der Waals surface area contributed by atoms with Crippen LogP contribution in [0, 0.1) is 11.2 Å². The molecular formula is C14H20FNO3S. The minimum absolute atomic E-state index is 0.0593. The first-order chi connectivity index (χ1) is 9.20. The Labute approximate surface area is 118 Å². The molecule has 1 aliphatic heterocycles. The molecule has 0 aromatic heterocycles. The third-order valence-corrected chi connectivity index (χ3v) is 6.20. The number of sulfone groups is 1. The van der Waals surface area contributed by atoms with Crippen LogP contribution < -0.4 is 5.73 Å². The van der Waals surface area contributed by atoms with Crippen LogP contribution in [0.5, 0.6) is 0 Å². The van der Waals surface area contributed by atoms with Crippen LogP contribution in [-0.4, -0.2) is 37.2 Å². The van der Waals surface area contributed by atoms with Crippen molar-refractivity contribution in [2.24, 2.45) is 11.1 Å². The fraction of sp³-hybridized carbons (Fsp3) is 0.571. The smallest absolute Gasteiger partial charge is 0.151 e. The molecule has 2 atom stereocenters. The predicted octanol–water partition coefficient (Wildman–Crippen LogP) is 0.883. The van der Waals surface area contributed by atoms with Crippen LogP contribution in [0.4, 0.5) is 4.39 Å². The zero-order chi connectivity index (χ0) is 15.0. The molecule has 0 radical (unpaired) electrons. The van der Waals surface area contributed by atoms with Gasteiger partial charge in [-0.2, -0.15) is 0 Å². The first kappa shape index (κ1) is 15.4. The Morgan fingerprint density at radius 1 is 1.40 bits per heavy atom. The summed E-state index contributed by atoms with van der Waals surface area (Å²) < 4.78 is 36.4. The van der Waals surface area contributed by atoms with Crippen molar-refractivity contribution < 1.29 is 17.9 Å². The average Bonchev–Trinajstić information content (AvgIpc) is 2.69. The molecule has 0 saturated carbocycles. The van der Waals surface area contributed by atoms with Crippen LogP contribution in [0.3, 0.4) is 0 Å². The van der Waals surface area contributed by atoms with E-state index in [0.29, 0.717) is 6.42 Å². The van der Waals surface area contributed by atoms with Gasteiger partial charge < -0.3 is 10.8 Å². The zero-order valence-electron chi connectivity index (χ0n) is 11.5. The van der Waals surface area contributed by atoms with E-state index in [1.165, 1.54) is 12.1 Å². The summed E-state index contributed by atoms with van der Waals surface area (Å²) in [6, 6.07) is 5.84. The summed E-state index contributed by atoms with van der Waals surface area (Å²) in [7, 11) is -3.15. The molecule has 1 aliphatic rings. The molecule has 6 heteroatoms. The van der Waals surface area contributed by atoms with E-state index in [1.54, 1.807) is 19.1 Å². The van der Waals surface area contributed by atoms with Crippen molar-refractivity contribution in [3.63, 3.8) is 0 Å². The quantitative estimate of drug-likeness (QED) is 0.865. The van der Waals surface area contributed by atoms with Crippen LogP contribution >= 0.6 is 0 Å². The minimum atomic E-state index is -3.15. The van der Waals surface area contributed by atoms with E-state index in [9.17, 15) is 17.9 Å². The number of aliphatic hydroxyl groups is 1. The topological polar surface area (TPSA) is 80.4 Å². The molecule has 4 nitrogen and oxygen atoms in total. The molecule has 20 heavy (non-hydrogen) atoms. The fourth-order valence-corrected chi connectivity index (χ4v) is 5.17. The Balaban J connectivity index is 2.26. The van der Waals surface area contributed by atoms with Gasteiger partial charge in [0.2, 0.25) is 0 Å². The molecule has 0 bridgehead atoms. The highest BCUT2D eigenvalue weighted by Gasteiger charge is 2.52. The molecular weight excluding hydrogens is 281 g/mol. The molecule has 0 aliphatic carbocycles. The Hall–Kier alpha value is -0.980. The number of halogens is 1. The van der Waals surface area contributed by atoms with E-state index in [1.807, 2.05) is 0 Å². The van der Waals surface area contributed by atoms with E-state index < -0.39 is 20.9 Å². The maximum absolute atomic E-state index is 12.9. The normalized spacial score (nSPS) is 28.2. The van der Waals surface area contributed by atoms with Crippen molar-refractivity contribution in [1.29, 1.82) is 0 Å². The highest BCUT2D eigenvalue weighted by Crippen LogP contribution is 2.42. The molecule has 1 saturated heterocycles. The van der Waals surface area contributed by atoms with Gasteiger partial charge in [0.05, 0.1) is 17.1 Å². The van der Waals surface area contributed by atoms with Crippen molar-refractivity contribution in [2.45, 2.75) is 25.4 Å². The number of hydrogen-bond acceptors (Lipinski definition) is 4. The molecule has 2 unspecified atom stereocenters. The maximum atomic E-state index is 12.9. The average molecular weight is 301 g/mol. The molecule has 2 rings (SSSR count). The van der Waals surface area contributed by atoms with E-state index >= 15 is 0 Å². The largest absolute Gasteiger partial charge is 0.389 e.